The first-order chi connectivity index (χ1) is 8.93. The van der Waals surface area contributed by atoms with Gasteiger partial charge in [-0.15, -0.1) is 0 Å². The molecule has 1 rings (SSSR count). The molecule has 18 heavy (non-hydrogen) atoms. The minimum absolute atomic E-state index is 0.372. The van der Waals surface area contributed by atoms with Gasteiger partial charge in [0.15, 0.2) is 0 Å². The van der Waals surface area contributed by atoms with Gasteiger partial charge in [-0.25, -0.2) is 0 Å². The molecule has 0 aromatic heterocycles. The van der Waals surface area contributed by atoms with E-state index in [1.165, 1.54) is 44.9 Å². The van der Waals surface area contributed by atoms with Crippen molar-refractivity contribution in [3.05, 3.63) is 0 Å². The Balaban J connectivity index is 1.68. The number of unbranched alkanes of at least 4 members (excludes halogenated alkanes) is 4. The topological polar surface area (TPSA) is 30.5 Å². The molecule has 1 N–H and O–H groups in total. The van der Waals surface area contributed by atoms with Gasteiger partial charge in [0.1, 0.15) is 0 Å². The molecule has 3 nitrogen and oxygen atoms in total. The monoisotopic (exact) mass is 257 g/mol. The van der Waals surface area contributed by atoms with Gasteiger partial charge in [0.05, 0.1) is 12.7 Å². The number of ether oxygens (including phenoxy) is 2. The molecule has 0 aromatic rings. The first kappa shape index (κ1) is 15.9. The molecule has 3 heteroatoms. The van der Waals surface area contributed by atoms with E-state index in [-0.39, 0.29) is 0 Å². The van der Waals surface area contributed by atoms with Crippen molar-refractivity contribution in [2.75, 3.05) is 32.9 Å². The largest absolute Gasteiger partial charge is 0.379 e. The van der Waals surface area contributed by atoms with Crippen molar-refractivity contribution >= 4 is 0 Å². The molecule has 108 valence electrons. The zero-order chi connectivity index (χ0) is 12.9. The van der Waals surface area contributed by atoms with Gasteiger partial charge in [0.2, 0.25) is 0 Å². The van der Waals surface area contributed by atoms with Gasteiger partial charge in [-0.1, -0.05) is 32.6 Å². The van der Waals surface area contributed by atoms with Crippen molar-refractivity contribution in [1.82, 2.24) is 5.32 Å². The van der Waals surface area contributed by atoms with Gasteiger partial charge < -0.3 is 14.8 Å². The molecular formula is C15H31NO2. The molecule has 0 amide bonds. The average Bonchev–Trinajstić information content (AvgIpc) is 2.89. The second-order valence-electron chi connectivity index (χ2n) is 5.23. The number of nitrogens with one attached hydrogen (secondary N) is 1. The third-order valence-corrected chi connectivity index (χ3v) is 3.43. The fraction of sp³-hybridized carbons (Fsp3) is 1.00. The van der Waals surface area contributed by atoms with Crippen molar-refractivity contribution in [3.8, 4) is 0 Å². The van der Waals surface area contributed by atoms with Gasteiger partial charge in [0, 0.05) is 13.2 Å². The molecule has 0 aliphatic carbocycles. The average molecular weight is 257 g/mol. The van der Waals surface area contributed by atoms with E-state index in [1.54, 1.807) is 0 Å². The van der Waals surface area contributed by atoms with Crippen LogP contribution in [0.25, 0.3) is 0 Å². The Hall–Kier alpha value is -0.120. The molecule has 0 aromatic carbocycles. The summed E-state index contributed by atoms with van der Waals surface area (Å²) in [5, 5.41) is 3.48. The van der Waals surface area contributed by atoms with Crippen LogP contribution in [0.2, 0.25) is 0 Å². The molecule has 1 atom stereocenters. The summed E-state index contributed by atoms with van der Waals surface area (Å²) in [6, 6.07) is 0. The summed E-state index contributed by atoms with van der Waals surface area (Å²) in [5.41, 5.74) is 0. The molecule has 0 radical (unpaired) electrons. The highest BCUT2D eigenvalue weighted by Gasteiger charge is 2.14. The van der Waals surface area contributed by atoms with Crippen molar-refractivity contribution in [2.24, 2.45) is 0 Å². The molecule has 1 aliphatic rings. The molecule has 0 saturated carbocycles. The molecule has 1 aliphatic heterocycles. The predicted molar refractivity (Wildman–Crippen MR) is 76.0 cm³/mol. The van der Waals surface area contributed by atoms with E-state index in [0.29, 0.717) is 6.10 Å². The third-order valence-electron chi connectivity index (χ3n) is 3.43. The lowest BCUT2D eigenvalue weighted by Gasteiger charge is -2.10. The number of rotatable bonds is 12. The number of hydrogen-bond donors (Lipinski definition) is 1. The van der Waals surface area contributed by atoms with Crippen molar-refractivity contribution in [1.29, 1.82) is 0 Å². The number of hydrogen-bond acceptors (Lipinski definition) is 3. The maximum Gasteiger partial charge on any atom is 0.0809 e. The second kappa shape index (κ2) is 11.9. The minimum atomic E-state index is 0.372. The van der Waals surface area contributed by atoms with Crippen LogP contribution in [-0.2, 0) is 9.47 Å². The molecule has 1 saturated heterocycles. The summed E-state index contributed by atoms with van der Waals surface area (Å²) in [7, 11) is 0. The summed E-state index contributed by atoms with van der Waals surface area (Å²) in [5.74, 6) is 0. The molecule has 1 fully saturated rings. The summed E-state index contributed by atoms with van der Waals surface area (Å²) >= 11 is 0. The van der Waals surface area contributed by atoms with Crippen LogP contribution in [-0.4, -0.2) is 39.0 Å². The highest BCUT2D eigenvalue weighted by Crippen LogP contribution is 2.11. The van der Waals surface area contributed by atoms with E-state index >= 15 is 0 Å². The first-order valence-electron chi connectivity index (χ1n) is 7.83. The fourth-order valence-electron chi connectivity index (χ4n) is 2.27. The van der Waals surface area contributed by atoms with Crippen LogP contribution in [0.3, 0.4) is 0 Å². The van der Waals surface area contributed by atoms with Gasteiger partial charge in [-0.2, -0.15) is 0 Å². The van der Waals surface area contributed by atoms with Crippen LogP contribution < -0.4 is 5.32 Å². The maximum absolute atomic E-state index is 5.61. The Morgan fingerprint density at radius 1 is 1.11 bits per heavy atom. The van der Waals surface area contributed by atoms with Gasteiger partial charge in [-0.3, -0.25) is 0 Å². The van der Waals surface area contributed by atoms with E-state index in [0.717, 1.165) is 39.3 Å². The highest BCUT2D eigenvalue weighted by molar-refractivity contribution is 4.63. The van der Waals surface area contributed by atoms with Crippen LogP contribution in [0.15, 0.2) is 0 Å². The van der Waals surface area contributed by atoms with Crippen LogP contribution in [0, 0.1) is 0 Å². The summed E-state index contributed by atoms with van der Waals surface area (Å²) in [4.78, 5) is 0. The van der Waals surface area contributed by atoms with Crippen LogP contribution in [0.4, 0.5) is 0 Å². The first-order valence-corrected chi connectivity index (χ1v) is 7.83. The van der Waals surface area contributed by atoms with Crippen LogP contribution in [0.1, 0.15) is 58.3 Å². The minimum Gasteiger partial charge on any atom is -0.379 e. The summed E-state index contributed by atoms with van der Waals surface area (Å²) in [6.45, 7) is 7.08. The van der Waals surface area contributed by atoms with Crippen LogP contribution in [0.5, 0.6) is 0 Å². The van der Waals surface area contributed by atoms with Gasteiger partial charge in [0.25, 0.3) is 0 Å². The fourth-order valence-corrected chi connectivity index (χ4v) is 2.27. The quantitative estimate of drug-likeness (QED) is 0.545. The molecule has 1 unspecified atom stereocenters. The van der Waals surface area contributed by atoms with Crippen molar-refractivity contribution in [3.63, 3.8) is 0 Å². The second-order valence-corrected chi connectivity index (χ2v) is 5.23. The zero-order valence-corrected chi connectivity index (χ0v) is 12.1. The van der Waals surface area contributed by atoms with Gasteiger partial charge >= 0.3 is 0 Å². The summed E-state index contributed by atoms with van der Waals surface area (Å²) < 4.78 is 11.1. The Labute approximate surface area is 113 Å². The lowest BCUT2D eigenvalue weighted by Crippen LogP contribution is -2.20. The zero-order valence-electron chi connectivity index (χ0n) is 12.1. The Morgan fingerprint density at radius 2 is 1.94 bits per heavy atom. The van der Waals surface area contributed by atoms with Crippen molar-refractivity contribution in [2.45, 2.75) is 64.4 Å². The maximum atomic E-state index is 5.61. The molecular weight excluding hydrogens is 226 g/mol. The van der Waals surface area contributed by atoms with E-state index in [4.69, 9.17) is 9.47 Å². The standard InChI is InChI=1S/C15H31NO2/c1-2-3-4-5-6-10-16-11-8-12-17-14-15-9-7-13-18-15/h15-16H,2-14H2,1H3. The summed E-state index contributed by atoms with van der Waals surface area (Å²) in [6.07, 6.45) is 10.7. The van der Waals surface area contributed by atoms with E-state index in [1.807, 2.05) is 0 Å². The lowest BCUT2D eigenvalue weighted by molar-refractivity contribution is 0.0166. The lowest BCUT2D eigenvalue weighted by atomic mass is 10.1. The third kappa shape index (κ3) is 8.90. The van der Waals surface area contributed by atoms with E-state index in [9.17, 15) is 0 Å². The normalized spacial score (nSPS) is 19.5. The van der Waals surface area contributed by atoms with Crippen LogP contribution >= 0.6 is 0 Å². The van der Waals surface area contributed by atoms with E-state index < -0.39 is 0 Å². The highest BCUT2D eigenvalue weighted by atomic mass is 16.5. The predicted octanol–water partition coefficient (Wildman–Crippen LogP) is 3.13. The Bertz CT molecular complexity index is 170. The molecule has 0 bridgehead atoms. The van der Waals surface area contributed by atoms with Crippen molar-refractivity contribution < 1.29 is 9.47 Å². The molecule has 1 heterocycles. The van der Waals surface area contributed by atoms with Gasteiger partial charge in [-0.05, 0) is 38.8 Å². The Kier molecular flexibility index (Phi) is 10.6. The Morgan fingerprint density at radius 3 is 2.72 bits per heavy atom. The van der Waals surface area contributed by atoms with E-state index in [2.05, 4.69) is 12.2 Å². The molecule has 0 spiro atoms. The smallest absolute Gasteiger partial charge is 0.0809 e. The SMILES string of the molecule is CCCCCCCNCCCOCC1CCCO1.